The quantitative estimate of drug-likeness (QED) is 0.346. The molecule has 0 heterocycles. The molecular formula is C29H37Cl2Zr. The average Bonchev–Trinajstić information content (AvgIpc) is 3.28. The Morgan fingerprint density at radius 1 is 0.688 bits per heavy atom. The molecule has 0 nitrogen and oxygen atoms in total. The molecule has 1 unspecified atom stereocenters. The van der Waals surface area contributed by atoms with Gasteiger partial charge in [-0.3, -0.25) is 0 Å². The van der Waals surface area contributed by atoms with Crippen LogP contribution in [-0.2, 0) is 19.4 Å². The molecule has 0 radical (unpaired) electrons. The zero-order valence-corrected chi connectivity index (χ0v) is 25.3. The van der Waals surface area contributed by atoms with Crippen LogP contribution in [-0.4, -0.2) is 0 Å². The van der Waals surface area contributed by atoms with Crippen LogP contribution in [0.5, 0.6) is 0 Å². The number of fused-ring (bicyclic) bond motifs is 1. The van der Waals surface area contributed by atoms with Crippen LogP contribution in [0.4, 0.5) is 0 Å². The van der Waals surface area contributed by atoms with Gasteiger partial charge in [0.2, 0.25) is 0 Å². The third-order valence-electron chi connectivity index (χ3n) is 8.41. The molecule has 3 aliphatic rings. The SMILES string of the molecule is CC1=C(C)C(C)(C)C(C2=C(C)C(C)=C(C)C2(C)C)=C1C.[Cl][Zr]([Cl])[CH]1C=Cc2ccccc21. The Bertz CT molecular complexity index is 1050. The molecule has 1 aromatic rings. The summed E-state index contributed by atoms with van der Waals surface area (Å²) in [5, 5.41) is 0. The van der Waals surface area contributed by atoms with Gasteiger partial charge in [-0.15, -0.1) is 0 Å². The minimum atomic E-state index is -2.13. The molecule has 0 saturated carbocycles. The molecule has 0 aliphatic heterocycles. The number of hydrogen-bond acceptors (Lipinski definition) is 0. The van der Waals surface area contributed by atoms with Gasteiger partial charge >= 0.3 is 87.6 Å². The van der Waals surface area contributed by atoms with E-state index in [4.69, 9.17) is 17.0 Å². The summed E-state index contributed by atoms with van der Waals surface area (Å²) < 4.78 is 0.368. The third-order valence-corrected chi connectivity index (χ3v) is 13.6. The van der Waals surface area contributed by atoms with Crippen LogP contribution >= 0.6 is 17.0 Å². The third kappa shape index (κ3) is 4.17. The van der Waals surface area contributed by atoms with E-state index in [2.05, 4.69) is 93.5 Å². The second kappa shape index (κ2) is 9.20. The number of hydrogen-bond donors (Lipinski definition) is 0. The van der Waals surface area contributed by atoms with Gasteiger partial charge < -0.3 is 0 Å². The number of rotatable bonds is 2. The fourth-order valence-corrected chi connectivity index (χ4v) is 9.70. The van der Waals surface area contributed by atoms with Crippen molar-refractivity contribution in [1.82, 2.24) is 0 Å². The van der Waals surface area contributed by atoms with Crippen LogP contribution in [0.25, 0.3) is 6.08 Å². The Hall–Kier alpha value is -0.617. The fraction of sp³-hybridized carbons (Fsp3) is 0.448. The maximum atomic E-state index is 6.02. The van der Waals surface area contributed by atoms with E-state index in [9.17, 15) is 0 Å². The first kappa shape index (κ1) is 26.0. The molecule has 0 bridgehead atoms. The van der Waals surface area contributed by atoms with Crippen LogP contribution < -0.4 is 0 Å². The summed E-state index contributed by atoms with van der Waals surface area (Å²) in [5.74, 6) is 0. The van der Waals surface area contributed by atoms with Crippen molar-refractivity contribution in [3.8, 4) is 0 Å². The zero-order valence-electron chi connectivity index (χ0n) is 21.3. The standard InChI is InChI=1S/C20H30.C9H7.2ClH.Zr/c1-11-13(3)17(19(7,8)15(11)5)18-14(4)12(2)16(6)20(18,9)10;1-2-5-9-7-3-6-8(9)4-1;;;/h1-10H3;1-7H;2*1H;/q;;;;+2/p-2. The van der Waals surface area contributed by atoms with Gasteiger partial charge in [0, 0.05) is 10.8 Å². The topological polar surface area (TPSA) is 0 Å². The van der Waals surface area contributed by atoms with E-state index in [0.29, 0.717) is 3.63 Å². The first-order valence-corrected chi connectivity index (χ1v) is 19.2. The number of halogens is 2. The van der Waals surface area contributed by atoms with Crippen molar-refractivity contribution in [2.75, 3.05) is 0 Å². The Morgan fingerprint density at radius 3 is 1.50 bits per heavy atom. The predicted octanol–water partition coefficient (Wildman–Crippen LogP) is 10.1. The molecule has 0 N–H and O–H groups in total. The van der Waals surface area contributed by atoms with Crippen LogP contribution in [0.3, 0.4) is 0 Å². The van der Waals surface area contributed by atoms with E-state index < -0.39 is 19.4 Å². The summed E-state index contributed by atoms with van der Waals surface area (Å²) in [6.07, 6.45) is 4.25. The molecule has 0 spiro atoms. The van der Waals surface area contributed by atoms with Crippen LogP contribution in [0.1, 0.15) is 84.0 Å². The predicted molar refractivity (Wildman–Crippen MR) is 140 cm³/mol. The zero-order chi connectivity index (χ0) is 24.2. The molecular weight excluding hydrogens is 510 g/mol. The van der Waals surface area contributed by atoms with Gasteiger partial charge in [0.05, 0.1) is 0 Å². The summed E-state index contributed by atoms with van der Waals surface area (Å²) in [6, 6.07) is 8.30. The molecule has 1 atom stereocenters. The molecule has 0 aromatic heterocycles. The molecule has 0 saturated heterocycles. The maximum absolute atomic E-state index is 6.02. The van der Waals surface area contributed by atoms with Gasteiger partial charge in [-0.05, 0) is 75.0 Å². The van der Waals surface area contributed by atoms with E-state index >= 15 is 0 Å². The Kier molecular flexibility index (Phi) is 7.48. The van der Waals surface area contributed by atoms with Gasteiger partial charge in [0.25, 0.3) is 0 Å². The summed E-state index contributed by atoms with van der Waals surface area (Å²) in [4.78, 5) is 0. The van der Waals surface area contributed by atoms with Crippen molar-refractivity contribution in [2.45, 2.75) is 72.9 Å². The Morgan fingerprint density at radius 2 is 1.12 bits per heavy atom. The summed E-state index contributed by atoms with van der Waals surface area (Å²) in [6.45, 7) is 23.3. The summed E-state index contributed by atoms with van der Waals surface area (Å²) >= 11 is -2.13. The molecule has 32 heavy (non-hydrogen) atoms. The normalized spacial score (nSPS) is 23.2. The first-order chi connectivity index (χ1) is 14.7. The van der Waals surface area contributed by atoms with E-state index in [1.54, 1.807) is 11.1 Å². The van der Waals surface area contributed by atoms with Crippen molar-refractivity contribution in [3.05, 3.63) is 86.1 Å². The Balaban J connectivity index is 0.000000204. The van der Waals surface area contributed by atoms with Crippen molar-refractivity contribution in [1.29, 1.82) is 0 Å². The number of benzene rings is 1. The molecule has 4 rings (SSSR count). The van der Waals surface area contributed by atoms with Gasteiger partial charge in [0.15, 0.2) is 0 Å². The van der Waals surface area contributed by atoms with Crippen molar-refractivity contribution in [2.24, 2.45) is 10.8 Å². The first-order valence-electron chi connectivity index (χ1n) is 11.5. The average molecular weight is 548 g/mol. The minimum absolute atomic E-state index is 0.160. The van der Waals surface area contributed by atoms with E-state index in [1.807, 2.05) is 12.1 Å². The monoisotopic (exact) mass is 545 g/mol. The van der Waals surface area contributed by atoms with Gasteiger partial charge in [-0.2, -0.15) is 0 Å². The van der Waals surface area contributed by atoms with Crippen molar-refractivity contribution < 1.29 is 19.4 Å². The number of allylic oxidation sites excluding steroid dienone is 9. The van der Waals surface area contributed by atoms with Gasteiger partial charge in [-0.25, -0.2) is 0 Å². The van der Waals surface area contributed by atoms with Crippen LogP contribution in [0.2, 0.25) is 0 Å². The van der Waals surface area contributed by atoms with Crippen molar-refractivity contribution >= 4 is 23.1 Å². The van der Waals surface area contributed by atoms with Gasteiger partial charge in [-0.1, -0.05) is 38.8 Å². The van der Waals surface area contributed by atoms with Crippen molar-refractivity contribution in [3.63, 3.8) is 0 Å². The molecule has 171 valence electrons. The molecule has 0 amide bonds. The summed E-state index contributed by atoms with van der Waals surface area (Å²) in [7, 11) is 12.0. The second-order valence-corrected chi connectivity index (χ2v) is 19.4. The van der Waals surface area contributed by atoms with E-state index in [0.717, 1.165) is 0 Å². The van der Waals surface area contributed by atoms with E-state index in [1.165, 1.54) is 44.6 Å². The molecule has 0 fully saturated rings. The molecule has 1 aromatic carbocycles. The Labute approximate surface area is 210 Å². The van der Waals surface area contributed by atoms with Crippen LogP contribution in [0.15, 0.2) is 74.9 Å². The fourth-order valence-electron chi connectivity index (χ4n) is 5.63. The van der Waals surface area contributed by atoms with Crippen LogP contribution in [0, 0.1) is 10.8 Å². The summed E-state index contributed by atoms with van der Waals surface area (Å²) in [5.41, 5.74) is 15.1. The molecule has 3 aliphatic carbocycles. The second-order valence-electron chi connectivity index (χ2n) is 10.5. The van der Waals surface area contributed by atoms with E-state index in [-0.39, 0.29) is 10.8 Å². The molecule has 3 heteroatoms. The van der Waals surface area contributed by atoms with Gasteiger partial charge in [0.1, 0.15) is 0 Å².